The molecular weight excluding hydrogens is 328 g/mol. The van der Waals surface area contributed by atoms with E-state index in [4.69, 9.17) is 0 Å². The van der Waals surface area contributed by atoms with Crippen molar-refractivity contribution in [3.63, 3.8) is 0 Å². The van der Waals surface area contributed by atoms with Gasteiger partial charge in [0.1, 0.15) is 6.04 Å². The molecule has 1 N–H and O–H groups in total. The van der Waals surface area contributed by atoms with Gasteiger partial charge in [0.05, 0.1) is 10.1 Å². The van der Waals surface area contributed by atoms with Crippen LogP contribution in [-0.4, -0.2) is 16.1 Å². The minimum atomic E-state index is -0.558. The molecule has 1 amide bonds. The number of rotatable bonds is 4. The van der Waals surface area contributed by atoms with E-state index in [0.717, 1.165) is 15.3 Å². The summed E-state index contributed by atoms with van der Waals surface area (Å²) in [5, 5.41) is 3.54. The Morgan fingerprint density at radius 2 is 2.00 bits per heavy atom. The van der Waals surface area contributed by atoms with Crippen LogP contribution in [0.15, 0.2) is 58.2 Å². The molecule has 23 heavy (non-hydrogen) atoms. The number of thioether (sulfide) groups is 1. The summed E-state index contributed by atoms with van der Waals surface area (Å²) in [4.78, 5) is 26.0. The third-order valence-electron chi connectivity index (χ3n) is 3.58. The lowest BCUT2D eigenvalue weighted by Crippen LogP contribution is -2.28. The minimum absolute atomic E-state index is 0.119. The van der Waals surface area contributed by atoms with Gasteiger partial charge >= 0.3 is 0 Å². The van der Waals surface area contributed by atoms with Crippen molar-refractivity contribution in [3.8, 4) is 0 Å². The molecule has 118 valence electrons. The Morgan fingerprint density at radius 3 is 2.74 bits per heavy atom. The predicted octanol–water partition coefficient (Wildman–Crippen LogP) is 3.98. The summed E-state index contributed by atoms with van der Waals surface area (Å²) in [6, 6.07) is 14.5. The molecule has 3 rings (SSSR count). The third kappa shape index (κ3) is 3.18. The van der Waals surface area contributed by atoms with E-state index in [0.29, 0.717) is 5.39 Å². The lowest BCUT2D eigenvalue weighted by atomic mass is 10.2. The van der Waals surface area contributed by atoms with E-state index in [1.807, 2.05) is 48.7 Å². The van der Waals surface area contributed by atoms with Crippen LogP contribution in [0.1, 0.15) is 13.0 Å². The lowest BCUT2D eigenvalue weighted by Gasteiger charge is -2.12. The van der Waals surface area contributed by atoms with Crippen LogP contribution < -0.4 is 10.9 Å². The standard InChI is InChI=1S/C17H16N2O2S2/c1-11(16(20)18-12-6-5-7-13(10-12)22-2)19-17(21)14-8-3-4-9-15(14)23-19/h3-11H,1-2H3,(H,18,20)/t11-/m0/s1. The Labute approximate surface area is 142 Å². The second-order valence-electron chi connectivity index (χ2n) is 5.12. The molecule has 0 spiro atoms. The fraction of sp³-hybridized carbons (Fsp3) is 0.176. The van der Waals surface area contributed by atoms with E-state index in [2.05, 4.69) is 5.32 Å². The van der Waals surface area contributed by atoms with E-state index >= 15 is 0 Å². The zero-order valence-electron chi connectivity index (χ0n) is 12.8. The van der Waals surface area contributed by atoms with Crippen LogP contribution >= 0.6 is 23.3 Å². The van der Waals surface area contributed by atoms with E-state index < -0.39 is 6.04 Å². The second-order valence-corrected chi connectivity index (χ2v) is 7.01. The number of aromatic nitrogens is 1. The number of fused-ring (bicyclic) bond motifs is 1. The average Bonchev–Trinajstić information content (AvgIpc) is 2.91. The van der Waals surface area contributed by atoms with Crippen LogP contribution in [0, 0.1) is 0 Å². The zero-order valence-corrected chi connectivity index (χ0v) is 14.4. The number of hydrogen-bond acceptors (Lipinski definition) is 4. The third-order valence-corrected chi connectivity index (χ3v) is 5.54. The average molecular weight is 344 g/mol. The maximum absolute atomic E-state index is 12.5. The molecule has 2 aromatic carbocycles. The number of amides is 1. The van der Waals surface area contributed by atoms with Crippen LogP contribution in [0.4, 0.5) is 5.69 Å². The van der Waals surface area contributed by atoms with E-state index in [9.17, 15) is 9.59 Å². The van der Waals surface area contributed by atoms with Crippen molar-refractivity contribution in [3.05, 3.63) is 58.9 Å². The largest absolute Gasteiger partial charge is 0.324 e. The SMILES string of the molecule is CSc1cccc(NC(=O)[C@H](C)n2sc3ccccc3c2=O)c1. The van der Waals surface area contributed by atoms with Crippen LogP contribution in [0.25, 0.3) is 10.1 Å². The molecule has 0 bridgehead atoms. The summed E-state index contributed by atoms with van der Waals surface area (Å²) in [6.07, 6.45) is 1.99. The highest BCUT2D eigenvalue weighted by atomic mass is 32.2. The first-order valence-corrected chi connectivity index (χ1v) is 9.15. The van der Waals surface area contributed by atoms with Gasteiger partial charge in [0, 0.05) is 10.6 Å². The predicted molar refractivity (Wildman–Crippen MR) is 97.6 cm³/mol. The molecule has 1 atom stereocenters. The molecule has 0 fully saturated rings. The number of nitrogens with one attached hydrogen (secondary N) is 1. The molecule has 0 aliphatic carbocycles. The lowest BCUT2D eigenvalue weighted by molar-refractivity contribution is -0.118. The Kier molecular flexibility index (Phi) is 4.54. The number of anilines is 1. The first-order valence-electron chi connectivity index (χ1n) is 7.15. The maximum Gasteiger partial charge on any atom is 0.269 e. The molecule has 0 aliphatic rings. The number of carbonyl (C=O) groups excluding carboxylic acids is 1. The number of benzene rings is 2. The summed E-state index contributed by atoms with van der Waals surface area (Å²) in [6.45, 7) is 1.74. The van der Waals surface area contributed by atoms with Gasteiger partial charge in [-0.05, 0) is 43.5 Å². The highest BCUT2D eigenvalue weighted by Crippen LogP contribution is 2.22. The summed E-state index contributed by atoms with van der Waals surface area (Å²) in [5.74, 6) is -0.197. The van der Waals surface area contributed by atoms with Crippen molar-refractivity contribution < 1.29 is 4.79 Å². The Hall–Kier alpha value is -2.05. The molecule has 4 nitrogen and oxygen atoms in total. The normalized spacial score (nSPS) is 12.3. The molecule has 0 saturated carbocycles. The van der Waals surface area contributed by atoms with E-state index in [1.165, 1.54) is 15.5 Å². The summed E-state index contributed by atoms with van der Waals surface area (Å²) < 4.78 is 2.42. The Morgan fingerprint density at radius 1 is 1.22 bits per heavy atom. The van der Waals surface area contributed by atoms with Crippen molar-refractivity contribution in [2.75, 3.05) is 11.6 Å². The first-order chi connectivity index (χ1) is 11.1. The van der Waals surface area contributed by atoms with Crippen LogP contribution in [0.5, 0.6) is 0 Å². The van der Waals surface area contributed by atoms with Gasteiger partial charge < -0.3 is 5.32 Å². The van der Waals surface area contributed by atoms with E-state index in [1.54, 1.807) is 24.8 Å². The van der Waals surface area contributed by atoms with Gasteiger partial charge in [-0.3, -0.25) is 13.5 Å². The molecule has 0 saturated heterocycles. The van der Waals surface area contributed by atoms with Crippen molar-refractivity contribution in [1.29, 1.82) is 0 Å². The van der Waals surface area contributed by atoms with Crippen molar-refractivity contribution in [2.24, 2.45) is 0 Å². The maximum atomic E-state index is 12.5. The van der Waals surface area contributed by atoms with Crippen molar-refractivity contribution in [1.82, 2.24) is 3.96 Å². The van der Waals surface area contributed by atoms with Gasteiger partial charge in [-0.25, -0.2) is 0 Å². The molecule has 1 aromatic heterocycles. The molecule has 1 heterocycles. The topological polar surface area (TPSA) is 51.1 Å². The van der Waals surface area contributed by atoms with Crippen molar-refractivity contribution >= 4 is 45.0 Å². The highest BCUT2D eigenvalue weighted by molar-refractivity contribution is 7.98. The molecule has 6 heteroatoms. The van der Waals surface area contributed by atoms with Crippen LogP contribution in [-0.2, 0) is 4.79 Å². The molecule has 0 unspecified atom stereocenters. The second kappa shape index (κ2) is 6.60. The van der Waals surface area contributed by atoms with Gasteiger partial charge in [-0.2, -0.15) is 0 Å². The van der Waals surface area contributed by atoms with Gasteiger partial charge in [0.25, 0.3) is 5.56 Å². The highest BCUT2D eigenvalue weighted by Gasteiger charge is 2.19. The first kappa shape index (κ1) is 15.8. The molecule has 0 radical (unpaired) electrons. The quantitative estimate of drug-likeness (QED) is 0.728. The van der Waals surface area contributed by atoms with Gasteiger partial charge in [0.2, 0.25) is 5.91 Å². The van der Waals surface area contributed by atoms with Crippen molar-refractivity contribution in [2.45, 2.75) is 17.9 Å². The fourth-order valence-electron chi connectivity index (χ4n) is 2.30. The minimum Gasteiger partial charge on any atom is -0.324 e. The van der Waals surface area contributed by atoms with Gasteiger partial charge in [-0.15, -0.1) is 11.8 Å². The van der Waals surface area contributed by atoms with Crippen LogP contribution in [0.2, 0.25) is 0 Å². The van der Waals surface area contributed by atoms with Crippen LogP contribution in [0.3, 0.4) is 0 Å². The number of carbonyl (C=O) groups is 1. The smallest absolute Gasteiger partial charge is 0.269 e. The Bertz CT molecular complexity index is 914. The number of hydrogen-bond donors (Lipinski definition) is 1. The summed E-state index contributed by atoms with van der Waals surface area (Å²) in [5.41, 5.74) is 0.619. The summed E-state index contributed by atoms with van der Waals surface area (Å²) >= 11 is 2.93. The molecular formula is C17H16N2O2S2. The van der Waals surface area contributed by atoms with Gasteiger partial charge in [-0.1, -0.05) is 29.7 Å². The van der Waals surface area contributed by atoms with Gasteiger partial charge in [0.15, 0.2) is 0 Å². The Balaban J connectivity index is 1.86. The fourth-order valence-corrected chi connectivity index (χ4v) is 3.80. The number of nitrogens with zero attached hydrogens (tertiary/aromatic N) is 1. The molecule has 0 aliphatic heterocycles. The molecule has 3 aromatic rings. The summed E-state index contributed by atoms with van der Waals surface area (Å²) in [7, 11) is 0. The monoisotopic (exact) mass is 344 g/mol. The van der Waals surface area contributed by atoms with E-state index in [-0.39, 0.29) is 11.5 Å². The zero-order chi connectivity index (χ0) is 16.4.